The zero-order valence-electron chi connectivity index (χ0n) is 11.0. The van der Waals surface area contributed by atoms with Crippen LogP contribution in [-0.2, 0) is 16.1 Å². The Labute approximate surface area is 108 Å². The molecule has 1 aliphatic heterocycles. The first-order chi connectivity index (χ1) is 8.74. The molecule has 0 saturated carbocycles. The van der Waals surface area contributed by atoms with Gasteiger partial charge in [-0.15, -0.1) is 0 Å². The van der Waals surface area contributed by atoms with Gasteiger partial charge >= 0.3 is 0 Å². The maximum atomic E-state index is 12.8. The number of benzene rings is 1. The van der Waals surface area contributed by atoms with Crippen LogP contribution in [0, 0.1) is 5.82 Å². The third-order valence-electron chi connectivity index (χ3n) is 3.44. The minimum atomic E-state index is -0.208. The van der Waals surface area contributed by atoms with Crippen LogP contribution in [0.1, 0.15) is 38.2 Å². The maximum Gasteiger partial charge on any atom is 0.123 e. The molecule has 0 amide bonds. The molecule has 1 aliphatic rings. The molecule has 1 heterocycles. The smallest absolute Gasteiger partial charge is 0.123 e. The van der Waals surface area contributed by atoms with E-state index in [0.717, 1.165) is 37.9 Å². The van der Waals surface area contributed by atoms with E-state index in [0.29, 0.717) is 13.2 Å². The van der Waals surface area contributed by atoms with Crippen molar-refractivity contribution in [1.29, 1.82) is 0 Å². The van der Waals surface area contributed by atoms with E-state index >= 15 is 0 Å². The Kier molecular flexibility index (Phi) is 4.72. The van der Waals surface area contributed by atoms with Crippen LogP contribution in [0.15, 0.2) is 24.3 Å². The van der Waals surface area contributed by atoms with Gasteiger partial charge in [0.15, 0.2) is 0 Å². The molecule has 18 heavy (non-hydrogen) atoms. The summed E-state index contributed by atoms with van der Waals surface area (Å²) in [6.07, 6.45) is 4.38. The second kappa shape index (κ2) is 6.30. The van der Waals surface area contributed by atoms with Crippen molar-refractivity contribution in [3.8, 4) is 0 Å². The van der Waals surface area contributed by atoms with Crippen molar-refractivity contribution in [2.45, 2.75) is 44.8 Å². The number of rotatable bonds is 6. The lowest BCUT2D eigenvalue weighted by Crippen LogP contribution is -2.33. The molecular formula is C15H21FO2. The minimum absolute atomic E-state index is 0.0746. The fourth-order valence-electron chi connectivity index (χ4n) is 2.53. The third kappa shape index (κ3) is 3.53. The summed E-state index contributed by atoms with van der Waals surface area (Å²) in [5.41, 5.74) is 0.926. The highest BCUT2D eigenvalue weighted by molar-refractivity contribution is 5.14. The molecule has 0 N–H and O–H groups in total. The Morgan fingerprint density at radius 1 is 1.33 bits per heavy atom. The summed E-state index contributed by atoms with van der Waals surface area (Å²) in [7, 11) is 0. The topological polar surface area (TPSA) is 18.5 Å². The van der Waals surface area contributed by atoms with Gasteiger partial charge in [0.05, 0.1) is 18.8 Å². The molecular weight excluding hydrogens is 231 g/mol. The molecule has 0 aromatic heterocycles. The zero-order chi connectivity index (χ0) is 12.8. The molecule has 0 spiro atoms. The zero-order valence-corrected chi connectivity index (χ0v) is 11.0. The largest absolute Gasteiger partial charge is 0.374 e. The molecule has 1 atom stereocenters. The lowest BCUT2D eigenvalue weighted by molar-refractivity contribution is -0.0729. The van der Waals surface area contributed by atoms with Gasteiger partial charge in [-0.2, -0.15) is 0 Å². The summed E-state index contributed by atoms with van der Waals surface area (Å²) in [5, 5.41) is 0. The van der Waals surface area contributed by atoms with E-state index < -0.39 is 0 Å². The van der Waals surface area contributed by atoms with Gasteiger partial charge in [0, 0.05) is 6.61 Å². The summed E-state index contributed by atoms with van der Waals surface area (Å²) in [5.74, 6) is -0.208. The van der Waals surface area contributed by atoms with Crippen LogP contribution in [0.3, 0.4) is 0 Å². The second-order valence-electron chi connectivity index (χ2n) is 5.00. The molecule has 0 bridgehead atoms. The molecule has 1 fully saturated rings. The van der Waals surface area contributed by atoms with E-state index in [1.807, 2.05) is 0 Å². The highest BCUT2D eigenvalue weighted by atomic mass is 19.1. The van der Waals surface area contributed by atoms with Gasteiger partial charge in [-0.3, -0.25) is 0 Å². The molecule has 2 nitrogen and oxygen atoms in total. The average Bonchev–Trinajstić information content (AvgIpc) is 2.81. The Hall–Kier alpha value is -0.930. The molecule has 1 saturated heterocycles. The Morgan fingerprint density at radius 3 is 2.72 bits per heavy atom. The van der Waals surface area contributed by atoms with Gasteiger partial charge in [-0.05, 0) is 37.0 Å². The standard InChI is InChI=1S/C15H21FO2/c1-2-8-15(9-3-10-18-15)12-17-11-13-4-6-14(16)7-5-13/h4-7H,2-3,8-12H2,1H3. The van der Waals surface area contributed by atoms with Crippen molar-refractivity contribution in [2.24, 2.45) is 0 Å². The summed E-state index contributed by atoms with van der Waals surface area (Å²) in [6, 6.07) is 6.45. The summed E-state index contributed by atoms with van der Waals surface area (Å²) >= 11 is 0. The van der Waals surface area contributed by atoms with E-state index in [-0.39, 0.29) is 11.4 Å². The van der Waals surface area contributed by atoms with E-state index in [1.54, 1.807) is 12.1 Å². The second-order valence-corrected chi connectivity index (χ2v) is 5.00. The first-order valence-corrected chi connectivity index (χ1v) is 6.70. The predicted octanol–water partition coefficient (Wildman–Crippen LogP) is 3.69. The number of ether oxygens (including phenoxy) is 2. The Balaban J connectivity index is 1.81. The molecule has 3 heteroatoms. The van der Waals surface area contributed by atoms with Crippen molar-refractivity contribution < 1.29 is 13.9 Å². The van der Waals surface area contributed by atoms with Crippen molar-refractivity contribution in [3.05, 3.63) is 35.6 Å². The van der Waals surface area contributed by atoms with Gasteiger partial charge in [0.2, 0.25) is 0 Å². The summed E-state index contributed by atoms with van der Waals surface area (Å²) in [6.45, 7) is 4.18. The highest BCUT2D eigenvalue weighted by Gasteiger charge is 2.34. The van der Waals surface area contributed by atoms with Crippen molar-refractivity contribution in [3.63, 3.8) is 0 Å². The normalized spacial score (nSPS) is 23.4. The van der Waals surface area contributed by atoms with Gasteiger partial charge in [-0.1, -0.05) is 25.5 Å². The van der Waals surface area contributed by atoms with Gasteiger partial charge < -0.3 is 9.47 Å². The predicted molar refractivity (Wildman–Crippen MR) is 68.9 cm³/mol. The minimum Gasteiger partial charge on any atom is -0.374 e. The van der Waals surface area contributed by atoms with Crippen LogP contribution in [0.5, 0.6) is 0 Å². The van der Waals surface area contributed by atoms with Crippen molar-refractivity contribution >= 4 is 0 Å². The van der Waals surface area contributed by atoms with Gasteiger partial charge in [0.1, 0.15) is 5.82 Å². The molecule has 1 unspecified atom stereocenters. The van der Waals surface area contributed by atoms with Crippen LogP contribution in [0.25, 0.3) is 0 Å². The quantitative estimate of drug-likeness (QED) is 0.768. The SMILES string of the molecule is CCCC1(COCc2ccc(F)cc2)CCCO1. The van der Waals surface area contributed by atoms with Crippen molar-refractivity contribution in [2.75, 3.05) is 13.2 Å². The molecule has 1 aromatic rings. The molecule has 1 aromatic carbocycles. The highest BCUT2D eigenvalue weighted by Crippen LogP contribution is 2.30. The summed E-state index contributed by atoms with van der Waals surface area (Å²) < 4.78 is 24.4. The molecule has 0 radical (unpaired) electrons. The Bertz CT molecular complexity index is 355. The van der Waals surface area contributed by atoms with Crippen LogP contribution in [-0.4, -0.2) is 18.8 Å². The van der Waals surface area contributed by atoms with Crippen LogP contribution in [0.4, 0.5) is 4.39 Å². The monoisotopic (exact) mass is 252 g/mol. The van der Waals surface area contributed by atoms with Crippen LogP contribution < -0.4 is 0 Å². The molecule has 100 valence electrons. The molecule has 2 rings (SSSR count). The van der Waals surface area contributed by atoms with Crippen LogP contribution >= 0.6 is 0 Å². The number of hydrogen-bond acceptors (Lipinski definition) is 2. The lowest BCUT2D eigenvalue weighted by Gasteiger charge is -2.27. The third-order valence-corrected chi connectivity index (χ3v) is 3.44. The maximum absolute atomic E-state index is 12.8. The lowest BCUT2D eigenvalue weighted by atomic mass is 9.95. The van der Waals surface area contributed by atoms with Gasteiger partial charge in [0.25, 0.3) is 0 Å². The fourth-order valence-corrected chi connectivity index (χ4v) is 2.53. The van der Waals surface area contributed by atoms with E-state index in [4.69, 9.17) is 9.47 Å². The number of halogens is 1. The summed E-state index contributed by atoms with van der Waals surface area (Å²) in [4.78, 5) is 0. The first kappa shape index (κ1) is 13.5. The van der Waals surface area contributed by atoms with Crippen LogP contribution in [0.2, 0.25) is 0 Å². The fraction of sp³-hybridized carbons (Fsp3) is 0.600. The van der Waals surface area contributed by atoms with Crippen molar-refractivity contribution in [1.82, 2.24) is 0 Å². The van der Waals surface area contributed by atoms with E-state index in [1.165, 1.54) is 12.1 Å². The Morgan fingerprint density at radius 2 is 2.11 bits per heavy atom. The van der Waals surface area contributed by atoms with E-state index in [2.05, 4.69) is 6.92 Å². The molecule has 0 aliphatic carbocycles. The van der Waals surface area contributed by atoms with E-state index in [9.17, 15) is 4.39 Å². The average molecular weight is 252 g/mol. The van der Waals surface area contributed by atoms with Gasteiger partial charge in [-0.25, -0.2) is 4.39 Å². The first-order valence-electron chi connectivity index (χ1n) is 6.70. The number of hydrogen-bond donors (Lipinski definition) is 0.